The lowest BCUT2D eigenvalue weighted by molar-refractivity contribution is 0.195. The van der Waals surface area contributed by atoms with Crippen molar-refractivity contribution >= 4 is 6.03 Å². The van der Waals surface area contributed by atoms with E-state index in [0.29, 0.717) is 19.0 Å². The number of hydrogen-bond donors (Lipinski definition) is 2. The second-order valence-corrected chi connectivity index (χ2v) is 2.44. The number of methoxy groups -OCH3 is 1. The fourth-order valence-corrected chi connectivity index (χ4v) is 0.759. The van der Waals surface area contributed by atoms with Crippen LogP contribution in [-0.4, -0.2) is 36.4 Å². The standard InChI is InChI=1S/C7H12N4O3/c1-13-3-2-8-7(12)9-4-6-10-5-11-14-6/h5H,2-4H2,1H3,(H2,8,9,12). The molecule has 0 radical (unpaired) electrons. The molecular weight excluding hydrogens is 188 g/mol. The molecule has 0 unspecified atom stereocenters. The number of amides is 2. The Morgan fingerprint density at radius 3 is 3.14 bits per heavy atom. The second kappa shape index (κ2) is 5.92. The second-order valence-electron chi connectivity index (χ2n) is 2.44. The van der Waals surface area contributed by atoms with Crippen molar-refractivity contribution in [2.45, 2.75) is 6.54 Å². The molecule has 0 bridgehead atoms. The van der Waals surface area contributed by atoms with Crippen LogP contribution in [0.5, 0.6) is 0 Å². The highest BCUT2D eigenvalue weighted by molar-refractivity contribution is 5.73. The number of urea groups is 1. The first kappa shape index (κ1) is 10.5. The lowest BCUT2D eigenvalue weighted by atomic mass is 10.6. The van der Waals surface area contributed by atoms with Gasteiger partial charge in [-0.05, 0) is 0 Å². The minimum Gasteiger partial charge on any atom is -0.383 e. The highest BCUT2D eigenvalue weighted by atomic mass is 16.5. The number of hydrogen-bond acceptors (Lipinski definition) is 5. The van der Waals surface area contributed by atoms with E-state index in [4.69, 9.17) is 4.74 Å². The van der Waals surface area contributed by atoms with E-state index in [1.165, 1.54) is 6.33 Å². The summed E-state index contributed by atoms with van der Waals surface area (Å²) < 4.78 is 9.44. The molecule has 0 saturated heterocycles. The van der Waals surface area contributed by atoms with E-state index in [1.54, 1.807) is 7.11 Å². The summed E-state index contributed by atoms with van der Waals surface area (Å²) in [5.41, 5.74) is 0. The SMILES string of the molecule is COCCNC(=O)NCc1ncno1. The maximum atomic E-state index is 11.0. The zero-order valence-electron chi connectivity index (χ0n) is 7.82. The van der Waals surface area contributed by atoms with Crippen molar-refractivity contribution < 1.29 is 14.1 Å². The average Bonchev–Trinajstić information content (AvgIpc) is 2.68. The van der Waals surface area contributed by atoms with Crippen LogP contribution in [0.25, 0.3) is 0 Å². The van der Waals surface area contributed by atoms with Crippen molar-refractivity contribution in [3.63, 3.8) is 0 Å². The molecule has 7 nitrogen and oxygen atoms in total. The van der Waals surface area contributed by atoms with Gasteiger partial charge in [0.15, 0.2) is 6.33 Å². The lowest BCUT2D eigenvalue weighted by Gasteiger charge is -2.04. The molecule has 2 amide bonds. The molecule has 0 fully saturated rings. The zero-order chi connectivity index (χ0) is 10.2. The van der Waals surface area contributed by atoms with Gasteiger partial charge >= 0.3 is 6.03 Å². The number of rotatable bonds is 5. The smallest absolute Gasteiger partial charge is 0.315 e. The van der Waals surface area contributed by atoms with Gasteiger partial charge in [0.25, 0.3) is 0 Å². The molecule has 0 aliphatic heterocycles. The summed E-state index contributed by atoms with van der Waals surface area (Å²) in [6.07, 6.45) is 1.28. The maximum Gasteiger partial charge on any atom is 0.315 e. The fourth-order valence-electron chi connectivity index (χ4n) is 0.759. The Hall–Kier alpha value is -1.63. The van der Waals surface area contributed by atoms with Crippen LogP contribution in [0.4, 0.5) is 4.79 Å². The van der Waals surface area contributed by atoms with Crippen LogP contribution >= 0.6 is 0 Å². The zero-order valence-corrected chi connectivity index (χ0v) is 7.82. The van der Waals surface area contributed by atoms with E-state index < -0.39 is 0 Å². The average molecular weight is 200 g/mol. The van der Waals surface area contributed by atoms with E-state index in [2.05, 4.69) is 25.3 Å². The Morgan fingerprint density at radius 2 is 2.50 bits per heavy atom. The Labute approximate surface area is 80.8 Å². The van der Waals surface area contributed by atoms with Gasteiger partial charge in [-0.2, -0.15) is 4.98 Å². The number of carbonyl (C=O) groups is 1. The topological polar surface area (TPSA) is 89.3 Å². The van der Waals surface area contributed by atoms with E-state index in [1.807, 2.05) is 0 Å². The van der Waals surface area contributed by atoms with Crippen LogP contribution in [0.1, 0.15) is 5.89 Å². The van der Waals surface area contributed by atoms with Gasteiger partial charge in [0.05, 0.1) is 13.2 Å². The Bertz CT molecular complexity index is 262. The summed E-state index contributed by atoms with van der Waals surface area (Å²) >= 11 is 0. The van der Waals surface area contributed by atoms with Gasteiger partial charge in [0.2, 0.25) is 5.89 Å². The van der Waals surface area contributed by atoms with Gasteiger partial charge in [0.1, 0.15) is 0 Å². The first-order valence-electron chi connectivity index (χ1n) is 4.09. The van der Waals surface area contributed by atoms with Crippen LogP contribution in [0, 0.1) is 0 Å². The van der Waals surface area contributed by atoms with E-state index in [0.717, 1.165) is 0 Å². The third kappa shape index (κ3) is 3.85. The molecule has 1 aromatic heterocycles. The number of ether oxygens (including phenoxy) is 1. The van der Waals surface area contributed by atoms with E-state index in [9.17, 15) is 4.79 Å². The molecule has 78 valence electrons. The van der Waals surface area contributed by atoms with Gasteiger partial charge < -0.3 is 19.9 Å². The Kier molecular flexibility index (Phi) is 4.42. The van der Waals surface area contributed by atoms with Gasteiger partial charge in [-0.1, -0.05) is 5.16 Å². The van der Waals surface area contributed by atoms with Gasteiger partial charge in [0, 0.05) is 13.7 Å². The van der Waals surface area contributed by atoms with Gasteiger partial charge in [-0.25, -0.2) is 4.79 Å². The number of nitrogens with zero attached hydrogens (tertiary/aromatic N) is 2. The third-order valence-corrected chi connectivity index (χ3v) is 1.40. The van der Waals surface area contributed by atoms with Crippen molar-refractivity contribution in [3.8, 4) is 0 Å². The lowest BCUT2D eigenvalue weighted by Crippen LogP contribution is -2.36. The van der Waals surface area contributed by atoms with Crippen LogP contribution in [0.2, 0.25) is 0 Å². The molecule has 1 aromatic rings. The molecule has 0 aliphatic carbocycles. The van der Waals surface area contributed by atoms with Crippen molar-refractivity contribution in [3.05, 3.63) is 12.2 Å². The normalized spacial score (nSPS) is 9.79. The predicted octanol–water partition coefficient (Wildman–Crippen LogP) is -0.485. The summed E-state index contributed by atoms with van der Waals surface area (Å²) in [5.74, 6) is 0.367. The highest BCUT2D eigenvalue weighted by Gasteiger charge is 2.02. The molecule has 0 saturated carbocycles. The van der Waals surface area contributed by atoms with Crippen LogP contribution in [0.15, 0.2) is 10.9 Å². The van der Waals surface area contributed by atoms with Crippen molar-refractivity contribution in [1.82, 2.24) is 20.8 Å². The van der Waals surface area contributed by atoms with Crippen molar-refractivity contribution in [2.75, 3.05) is 20.3 Å². The van der Waals surface area contributed by atoms with Crippen molar-refractivity contribution in [1.29, 1.82) is 0 Å². The van der Waals surface area contributed by atoms with Crippen LogP contribution in [-0.2, 0) is 11.3 Å². The fraction of sp³-hybridized carbons (Fsp3) is 0.571. The van der Waals surface area contributed by atoms with Gasteiger partial charge in [-0.3, -0.25) is 0 Å². The molecular formula is C7H12N4O3. The van der Waals surface area contributed by atoms with Crippen molar-refractivity contribution in [2.24, 2.45) is 0 Å². The van der Waals surface area contributed by atoms with Crippen LogP contribution < -0.4 is 10.6 Å². The number of carbonyl (C=O) groups excluding carboxylic acids is 1. The molecule has 0 spiro atoms. The maximum absolute atomic E-state index is 11.0. The molecule has 14 heavy (non-hydrogen) atoms. The minimum absolute atomic E-state index is 0.221. The monoisotopic (exact) mass is 200 g/mol. The largest absolute Gasteiger partial charge is 0.383 e. The first-order chi connectivity index (χ1) is 6.83. The number of aromatic nitrogens is 2. The Morgan fingerprint density at radius 1 is 1.64 bits per heavy atom. The highest BCUT2D eigenvalue weighted by Crippen LogP contribution is 1.88. The van der Waals surface area contributed by atoms with E-state index in [-0.39, 0.29) is 12.6 Å². The summed E-state index contributed by atoms with van der Waals surface area (Å²) in [6.45, 7) is 1.17. The summed E-state index contributed by atoms with van der Waals surface area (Å²) in [4.78, 5) is 14.8. The summed E-state index contributed by atoms with van der Waals surface area (Å²) in [7, 11) is 1.57. The third-order valence-electron chi connectivity index (χ3n) is 1.40. The molecule has 1 heterocycles. The summed E-state index contributed by atoms with van der Waals surface area (Å²) in [5, 5.41) is 8.52. The quantitative estimate of drug-likeness (QED) is 0.626. The Balaban J connectivity index is 2.09. The minimum atomic E-state index is -0.291. The number of nitrogens with one attached hydrogen (secondary N) is 2. The summed E-state index contributed by atoms with van der Waals surface area (Å²) in [6, 6.07) is -0.291. The molecule has 2 N–H and O–H groups in total. The molecule has 0 atom stereocenters. The van der Waals surface area contributed by atoms with Crippen LogP contribution in [0.3, 0.4) is 0 Å². The molecule has 7 heteroatoms. The van der Waals surface area contributed by atoms with E-state index >= 15 is 0 Å². The van der Waals surface area contributed by atoms with Gasteiger partial charge in [-0.15, -0.1) is 0 Å². The predicted molar refractivity (Wildman–Crippen MR) is 46.4 cm³/mol. The molecule has 0 aliphatic rings. The first-order valence-corrected chi connectivity index (χ1v) is 4.09. The molecule has 1 rings (SSSR count). The molecule has 0 aromatic carbocycles.